The Balaban J connectivity index is 1.77. The predicted octanol–water partition coefficient (Wildman–Crippen LogP) is 1.73. The maximum Gasteiger partial charge on any atom is 0.243 e. The van der Waals surface area contributed by atoms with Crippen LogP contribution in [0, 0.1) is 11.8 Å². The van der Waals surface area contributed by atoms with Gasteiger partial charge in [0, 0.05) is 6.04 Å². The van der Waals surface area contributed by atoms with Crippen LogP contribution in [0.2, 0.25) is 0 Å². The van der Waals surface area contributed by atoms with Crippen molar-refractivity contribution in [3.05, 3.63) is 0 Å². The van der Waals surface area contributed by atoms with Crippen molar-refractivity contribution < 1.29 is 4.79 Å². The molecule has 1 aliphatic heterocycles. The van der Waals surface area contributed by atoms with Crippen LogP contribution in [0.3, 0.4) is 0 Å². The summed E-state index contributed by atoms with van der Waals surface area (Å²) >= 11 is 0. The zero-order valence-corrected chi connectivity index (χ0v) is 10.3. The Kier molecular flexibility index (Phi) is 2.29. The molecular formula is C13H22N2O. The molecule has 3 rings (SSSR count). The normalized spacial score (nSPS) is 35.2. The van der Waals surface area contributed by atoms with Gasteiger partial charge >= 0.3 is 0 Å². The van der Waals surface area contributed by atoms with Crippen molar-refractivity contribution >= 4 is 5.91 Å². The Morgan fingerprint density at radius 2 is 1.94 bits per heavy atom. The average Bonchev–Trinajstić information content (AvgIpc) is 3.15. The lowest BCUT2D eigenvalue weighted by Gasteiger charge is -2.29. The smallest absolute Gasteiger partial charge is 0.243 e. The zero-order valence-electron chi connectivity index (χ0n) is 10.3. The number of hydrogen-bond acceptors (Lipinski definition) is 2. The third kappa shape index (κ3) is 1.56. The van der Waals surface area contributed by atoms with Crippen molar-refractivity contribution in [3.8, 4) is 0 Å². The highest BCUT2D eigenvalue weighted by Crippen LogP contribution is 2.48. The Morgan fingerprint density at radius 1 is 1.38 bits per heavy atom. The van der Waals surface area contributed by atoms with Gasteiger partial charge < -0.3 is 4.90 Å². The topological polar surface area (TPSA) is 32.3 Å². The van der Waals surface area contributed by atoms with Gasteiger partial charge in [0.25, 0.3) is 0 Å². The minimum Gasteiger partial charge on any atom is -0.325 e. The van der Waals surface area contributed by atoms with Crippen molar-refractivity contribution in [2.45, 2.75) is 57.5 Å². The fraction of sp³-hybridized carbons (Fsp3) is 0.923. The van der Waals surface area contributed by atoms with Crippen molar-refractivity contribution in [2.75, 3.05) is 6.67 Å². The first-order valence-corrected chi connectivity index (χ1v) is 6.72. The number of nitrogens with one attached hydrogen (secondary N) is 1. The van der Waals surface area contributed by atoms with E-state index in [1.54, 1.807) is 0 Å². The fourth-order valence-electron chi connectivity index (χ4n) is 3.01. The molecule has 0 radical (unpaired) electrons. The van der Waals surface area contributed by atoms with Crippen LogP contribution in [0.1, 0.15) is 46.0 Å². The maximum absolute atomic E-state index is 12.4. The minimum atomic E-state index is -0.290. The molecule has 0 aromatic heterocycles. The van der Waals surface area contributed by atoms with Crippen LogP contribution < -0.4 is 5.32 Å². The largest absolute Gasteiger partial charge is 0.325 e. The monoisotopic (exact) mass is 222 g/mol. The second-order valence-corrected chi connectivity index (χ2v) is 5.96. The molecule has 0 bridgehead atoms. The molecule has 1 unspecified atom stereocenters. The summed E-state index contributed by atoms with van der Waals surface area (Å²) in [7, 11) is 0. The second kappa shape index (κ2) is 3.46. The van der Waals surface area contributed by atoms with E-state index in [2.05, 4.69) is 17.1 Å². The molecule has 1 amide bonds. The van der Waals surface area contributed by atoms with E-state index in [-0.39, 0.29) is 5.54 Å². The summed E-state index contributed by atoms with van der Waals surface area (Å²) in [5, 5.41) is 3.40. The van der Waals surface area contributed by atoms with Gasteiger partial charge in [-0.25, -0.2) is 0 Å². The number of nitrogens with zero attached hydrogens (tertiary/aromatic N) is 1. The van der Waals surface area contributed by atoms with Gasteiger partial charge in [-0.05, 0) is 50.9 Å². The van der Waals surface area contributed by atoms with E-state index in [0.717, 1.165) is 24.9 Å². The molecule has 16 heavy (non-hydrogen) atoms. The lowest BCUT2D eigenvalue weighted by Crippen LogP contribution is -2.46. The summed E-state index contributed by atoms with van der Waals surface area (Å²) in [4.78, 5) is 14.6. The Labute approximate surface area is 97.6 Å². The molecule has 3 nitrogen and oxygen atoms in total. The van der Waals surface area contributed by atoms with Crippen LogP contribution in [-0.2, 0) is 4.79 Å². The Hall–Kier alpha value is -0.570. The molecule has 1 heterocycles. The van der Waals surface area contributed by atoms with Crippen LogP contribution in [0.4, 0.5) is 0 Å². The molecule has 1 N–H and O–H groups in total. The van der Waals surface area contributed by atoms with E-state index < -0.39 is 0 Å². The molecule has 2 saturated carbocycles. The van der Waals surface area contributed by atoms with Crippen molar-refractivity contribution in [3.63, 3.8) is 0 Å². The first-order chi connectivity index (χ1) is 7.65. The number of carbonyl (C=O) groups excluding carboxylic acids is 1. The molecule has 3 heteroatoms. The van der Waals surface area contributed by atoms with Crippen LogP contribution in [-0.4, -0.2) is 29.1 Å². The van der Waals surface area contributed by atoms with Crippen molar-refractivity contribution in [1.29, 1.82) is 0 Å². The number of rotatable bonds is 4. The Bertz CT molecular complexity index is 297. The SMILES string of the molecule is CCC1(C)NCN(C(C2CC2)C2CC2)C1=O. The summed E-state index contributed by atoms with van der Waals surface area (Å²) in [5.74, 6) is 1.98. The van der Waals surface area contributed by atoms with Gasteiger partial charge in [0.15, 0.2) is 0 Å². The van der Waals surface area contributed by atoms with E-state index in [4.69, 9.17) is 0 Å². The molecule has 2 aliphatic carbocycles. The van der Waals surface area contributed by atoms with Gasteiger partial charge in [-0.15, -0.1) is 0 Å². The van der Waals surface area contributed by atoms with Crippen LogP contribution in [0.15, 0.2) is 0 Å². The van der Waals surface area contributed by atoms with E-state index in [1.165, 1.54) is 25.7 Å². The molecule has 1 atom stereocenters. The molecule has 1 saturated heterocycles. The van der Waals surface area contributed by atoms with E-state index >= 15 is 0 Å². The summed E-state index contributed by atoms with van der Waals surface area (Å²) in [6.45, 7) is 4.92. The average molecular weight is 222 g/mol. The van der Waals surface area contributed by atoms with Crippen LogP contribution in [0.5, 0.6) is 0 Å². The molecular weight excluding hydrogens is 200 g/mol. The van der Waals surface area contributed by atoms with E-state index in [1.807, 2.05) is 6.92 Å². The minimum absolute atomic E-state index is 0.290. The van der Waals surface area contributed by atoms with E-state index in [0.29, 0.717) is 11.9 Å². The molecule has 3 aliphatic rings. The first kappa shape index (κ1) is 10.6. The predicted molar refractivity (Wildman–Crippen MR) is 62.8 cm³/mol. The first-order valence-electron chi connectivity index (χ1n) is 6.72. The summed E-state index contributed by atoms with van der Waals surface area (Å²) in [5.41, 5.74) is -0.290. The van der Waals surface area contributed by atoms with Crippen molar-refractivity contribution in [1.82, 2.24) is 10.2 Å². The van der Waals surface area contributed by atoms with Gasteiger partial charge in [0.2, 0.25) is 5.91 Å². The zero-order chi connectivity index (χ0) is 11.3. The van der Waals surface area contributed by atoms with E-state index in [9.17, 15) is 4.79 Å². The summed E-state index contributed by atoms with van der Waals surface area (Å²) in [6.07, 6.45) is 6.26. The lowest BCUT2D eigenvalue weighted by atomic mass is 9.97. The summed E-state index contributed by atoms with van der Waals surface area (Å²) < 4.78 is 0. The van der Waals surface area contributed by atoms with Crippen molar-refractivity contribution in [2.24, 2.45) is 11.8 Å². The van der Waals surface area contributed by atoms with Gasteiger partial charge in [0.05, 0.1) is 12.2 Å². The standard InChI is InChI=1S/C13H22N2O/c1-3-13(2)12(16)15(8-14-13)11(9-4-5-9)10-6-7-10/h9-11,14H,3-8H2,1-2H3. The maximum atomic E-state index is 12.4. The lowest BCUT2D eigenvalue weighted by molar-refractivity contribution is -0.134. The molecule has 90 valence electrons. The third-order valence-corrected chi connectivity index (χ3v) is 4.65. The second-order valence-electron chi connectivity index (χ2n) is 5.96. The summed E-state index contributed by atoms with van der Waals surface area (Å²) in [6, 6.07) is 0.563. The Morgan fingerprint density at radius 3 is 2.31 bits per heavy atom. The number of amides is 1. The van der Waals surface area contributed by atoms with Gasteiger partial charge in [-0.2, -0.15) is 0 Å². The highest BCUT2D eigenvalue weighted by molar-refractivity contribution is 5.88. The molecule has 0 spiro atoms. The quantitative estimate of drug-likeness (QED) is 0.785. The number of carbonyl (C=O) groups is 1. The van der Waals surface area contributed by atoms with Crippen LogP contribution >= 0.6 is 0 Å². The fourth-order valence-corrected chi connectivity index (χ4v) is 3.01. The van der Waals surface area contributed by atoms with Gasteiger partial charge in [0.1, 0.15) is 0 Å². The number of hydrogen-bond donors (Lipinski definition) is 1. The molecule has 0 aromatic rings. The molecule has 3 fully saturated rings. The van der Waals surface area contributed by atoms with Crippen LogP contribution in [0.25, 0.3) is 0 Å². The van der Waals surface area contributed by atoms with Gasteiger partial charge in [-0.1, -0.05) is 6.92 Å². The molecule has 0 aromatic carbocycles. The highest BCUT2D eigenvalue weighted by Gasteiger charge is 2.51. The van der Waals surface area contributed by atoms with Gasteiger partial charge in [-0.3, -0.25) is 10.1 Å². The third-order valence-electron chi connectivity index (χ3n) is 4.65. The highest BCUT2D eigenvalue weighted by atomic mass is 16.2.